The molecule has 0 saturated heterocycles. The van der Waals surface area contributed by atoms with Crippen LogP contribution in [0.2, 0.25) is 0 Å². The topological polar surface area (TPSA) is 24.1 Å². The summed E-state index contributed by atoms with van der Waals surface area (Å²) in [6.45, 7) is 19.8. The van der Waals surface area contributed by atoms with E-state index in [9.17, 15) is 0 Å². The summed E-state index contributed by atoms with van der Waals surface area (Å²) >= 11 is 0. The second-order valence-corrected chi connectivity index (χ2v) is 12.2. The van der Waals surface area contributed by atoms with Gasteiger partial charge in [-0.2, -0.15) is 0 Å². The first-order valence-corrected chi connectivity index (χ1v) is 15.0. The fraction of sp³-hybridized carbons (Fsp3) is 0.250. The monoisotopic (exact) mass is 552 g/mol. The molecule has 0 saturated carbocycles. The lowest BCUT2D eigenvalue weighted by Crippen LogP contribution is -2.09. The van der Waals surface area contributed by atoms with Gasteiger partial charge in [-0.3, -0.25) is 0 Å². The molecule has 0 radical (unpaired) electrons. The Labute approximate surface area is 252 Å². The van der Waals surface area contributed by atoms with Gasteiger partial charge < -0.3 is 10.6 Å². The SMILES string of the molecule is Cc1cc(C)c(Nc2ccc(C(c3ccccc3C)c3ccc(Nc4c(C)cc(C)cc4C)cc3C)c(C)c2)c(C)c1. The Morgan fingerprint density at radius 2 is 0.762 bits per heavy atom. The van der Waals surface area contributed by atoms with Crippen LogP contribution in [0.15, 0.2) is 84.9 Å². The molecule has 0 heterocycles. The summed E-state index contributed by atoms with van der Waals surface area (Å²) in [5, 5.41) is 7.42. The number of hydrogen-bond acceptors (Lipinski definition) is 2. The van der Waals surface area contributed by atoms with Crippen LogP contribution in [0.25, 0.3) is 0 Å². The van der Waals surface area contributed by atoms with E-state index in [1.807, 2.05) is 0 Å². The van der Waals surface area contributed by atoms with Gasteiger partial charge in [-0.25, -0.2) is 0 Å². The van der Waals surface area contributed by atoms with E-state index in [-0.39, 0.29) is 5.92 Å². The van der Waals surface area contributed by atoms with Gasteiger partial charge in [0.2, 0.25) is 0 Å². The van der Waals surface area contributed by atoms with E-state index < -0.39 is 0 Å². The van der Waals surface area contributed by atoms with Crippen molar-refractivity contribution in [2.24, 2.45) is 0 Å². The predicted octanol–water partition coefficient (Wildman–Crippen LogP) is 11.1. The molecule has 0 aliphatic carbocycles. The summed E-state index contributed by atoms with van der Waals surface area (Å²) in [6, 6.07) is 31.5. The molecule has 0 unspecified atom stereocenters. The number of benzene rings is 5. The fourth-order valence-electron chi connectivity index (χ4n) is 6.61. The highest BCUT2D eigenvalue weighted by atomic mass is 14.9. The molecule has 0 fully saturated rings. The van der Waals surface area contributed by atoms with E-state index in [0.717, 1.165) is 11.4 Å². The van der Waals surface area contributed by atoms with Crippen molar-refractivity contribution >= 4 is 22.7 Å². The minimum Gasteiger partial charge on any atom is -0.355 e. The number of aryl methyl sites for hydroxylation is 9. The molecule has 0 amide bonds. The summed E-state index contributed by atoms with van der Waals surface area (Å²) in [4.78, 5) is 0. The largest absolute Gasteiger partial charge is 0.355 e. The van der Waals surface area contributed by atoms with Gasteiger partial charge in [0.05, 0.1) is 0 Å². The molecular weight excluding hydrogens is 508 g/mol. The van der Waals surface area contributed by atoms with Crippen LogP contribution < -0.4 is 10.6 Å². The lowest BCUT2D eigenvalue weighted by Gasteiger charge is -2.25. The van der Waals surface area contributed by atoms with Crippen molar-refractivity contribution in [3.63, 3.8) is 0 Å². The molecule has 42 heavy (non-hydrogen) atoms. The molecule has 0 atom stereocenters. The molecule has 5 aromatic carbocycles. The van der Waals surface area contributed by atoms with Crippen molar-refractivity contribution in [3.8, 4) is 0 Å². The third kappa shape index (κ3) is 5.99. The predicted molar refractivity (Wildman–Crippen MR) is 182 cm³/mol. The first kappa shape index (κ1) is 29.2. The maximum absolute atomic E-state index is 3.71. The van der Waals surface area contributed by atoms with E-state index in [1.165, 1.54) is 78.1 Å². The summed E-state index contributed by atoms with van der Waals surface area (Å²) < 4.78 is 0. The van der Waals surface area contributed by atoms with Crippen molar-refractivity contribution in [3.05, 3.63) is 152 Å². The first-order valence-electron chi connectivity index (χ1n) is 15.0. The molecular formula is C40H44N2. The first-order chi connectivity index (χ1) is 20.0. The van der Waals surface area contributed by atoms with E-state index in [0.29, 0.717) is 0 Å². The Morgan fingerprint density at radius 1 is 0.381 bits per heavy atom. The minimum atomic E-state index is 0.139. The van der Waals surface area contributed by atoms with Crippen molar-refractivity contribution in [1.29, 1.82) is 0 Å². The molecule has 214 valence electrons. The second kappa shape index (κ2) is 11.9. The molecule has 5 aromatic rings. The highest BCUT2D eigenvalue weighted by Gasteiger charge is 2.22. The Balaban J connectivity index is 1.54. The van der Waals surface area contributed by atoms with Crippen LogP contribution >= 0.6 is 0 Å². The summed E-state index contributed by atoms with van der Waals surface area (Å²) in [6.07, 6.45) is 0. The minimum absolute atomic E-state index is 0.139. The van der Waals surface area contributed by atoms with Gasteiger partial charge >= 0.3 is 0 Å². The zero-order chi connectivity index (χ0) is 30.1. The van der Waals surface area contributed by atoms with Crippen LogP contribution in [0.5, 0.6) is 0 Å². The Bertz CT molecular complexity index is 1620. The summed E-state index contributed by atoms with van der Waals surface area (Å²) in [7, 11) is 0. The third-order valence-corrected chi connectivity index (χ3v) is 8.55. The quantitative estimate of drug-likeness (QED) is 0.196. The van der Waals surface area contributed by atoms with E-state index in [4.69, 9.17) is 0 Å². The molecule has 2 nitrogen and oxygen atoms in total. The highest BCUT2D eigenvalue weighted by Crippen LogP contribution is 2.39. The third-order valence-electron chi connectivity index (χ3n) is 8.55. The molecule has 2 N–H and O–H groups in total. The number of hydrogen-bond donors (Lipinski definition) is 2. The van der Waals surface area contributed by atoms with Crippen LogP contribution in [0.3, 0.4) is 0 Å². The van der Waals surface area contributed by atoms with Gasteiger partial charge in [0.15, 0.2) is 0 Å². The van der Waals surface area contributed by atoms with Gasteiger partial charge in [-0.05, 0) is 142 Å². The molecule has 0 aromatic heterocycles. The highest BCUT2D eigenvalue weighted by molar-refractivity contribution is 5.70. The van der Waals surface area contributed by atoms with E-state index in [2.05, 4.69) is 158 Å². The van der Waals surface area contributed by atoms with Crippen LogP contribution in [-0.2, 0) is 0 Å². The zero-order valence-electron chi connectivity index (χ0n) is 26.7. The molecule has 5 rings (SSSR count). The smallest absolute Gasteiger partial charge is 0.0443 e. The number of rotatable bonds is 7. The average molecular weight is 553 g/mol. The molecule has 0 aliphatic rings. The van der Waals surface area contributed by atoms with Crippen molar-refractivity contribution in [2.45, 2.75) is 68.2 Å². The lowest BCUT2D eigenvalue weighted by atomic mass is 9.79. The fourth-order valence-corrected chi connectivity index (χ4v) is 6.61. The van der Waals surface area contributed by atoms with Gasteiger partial charge in [-0.1, -0.05) is 71.8 Å². The zero-order valence-corrected chi connectivity index (χ0v) is 26.7. The maximum Gasteiger partial charge on any atom is 0.0443 e. The summed E-state index contributed by atoms with van der Waals surface area (Å²) in [5.74, 6) is 0.139. The Hall–Kier alpha value is -4.30. The molecule has 2 heteroatoms. The summed E-state index contributed by atoms with van der Waals surface area (Å²) in [5.41, 5.74) is 20.2. The van der Waals surface area contributed by atoms with Crippen molar-refractivity contribution in [2.75, 3.05) is 10.6 Å². The van der Waals surface area contributed by atoms with E-state index in [1.54, 1.807) is 0 Å². The Kier molecular flexibility index (Phi) is 8.27. The molecule has 0 aliphatic heterocycles. The maximum atomic E-state index is 3.71. The second-order valence-electron chi connectivity index (χ2n) is 12.2. The van der Waals surface area contributed by atoms with Crippen LogP contribution in [0.1, 0.15) is 72.7 Å². The van der Waals surface area contributed by atoms with Gasteiger partial charge in [0.1, 0.15) is 0 Å². The molecule has 0 bridgehead atoms. The van der Waals surface area contributed by atoms with Gasteiger partial charge in [0.25, 0.3) is 0 Å². The standard InChI is InChI=1S/C40H44N2/c1-24-18-29(6)39(30(7)19-24)41-33-14-16-36(27(4)22-33)38(35-13-11-10-12-26(35)3)37-17-15-34(23-28(37)5)42-40-31(8)20-25(2)21-32(40)9/h10-23,38,41-42H,1-9H3. The van der Waals surface area contributed by atoms with E-state index >= 15 is 0 Å². The van der Waals surface area contributed by atoms with Crippen molar-refractivity contribution < 1.29 is 0 Å². The number of anilines is 4. The van der Waals surface area contributed by atoms with Gasteiger partial charge in [0, 0.05) is 28.7 Å². The lowest BCUT2D eigenvalue weighted by molar-refractivity contribution is 0.938. The van der Waals surface area contributed by atoms with Crippen LogP contribution in [0.4, 0.5) is 22.7 Å². The van der Waals surface area contributed by atoms with Gasteiger partial charge in [-0.15, -0.1) is 0 Å². The van der Waals surface area contributed by atoms with Crippen molar-refractivity contribution in [1.82, 2.24) is 0 Å². The van der Waals surface area contributed by atoms with Crippen LogP contribution in [-0.4, -0.2) is 0 Å². The number of nitrogens with one attached hydrogen (secondary N) is 2. The molecule has 0 spiro atoms. The van der Waals surface area contributed by atoms with Crippen LogP contribution in [0, 0.1) is 62.3 Å². The Morgan fingerprint density at radius 3 is 1.14 bits per heavy atom. The normalized spacial score (nSPS) is 11.2. The average Bonchev–Trinajstić information content (AvgIpc) is 2.91.